The number of ether oxygens (including phenoxy) is 1. The molecule has 3 heterocycles. The highest BCUT2D eigenvalue weighted by Crippen LogP contribution is 2.37. The summed E-state index contributed by atoms with van der Waals surface area (Å²) in [7, 11) is 1.93. The maximum absolute atomic E-state index is 6.48. The predicted molar refractivity (Wildman–Crippen MR) is 136 cm³/mol. The van der Waals surface area contributed by atoms with Crippen LogP contribution >= 0.6 is 11.3 Å². The van der Waals surface area contributed by atoms with E-state index in [0.29, 0.717) is 18.2 Å². The van der Waals surface area contributed by atoms with Gasteiger partial charge in [-0.05, 0) is 49.7 Å². The molecule has 5 rings (SSSR count). The van der Waals surface area contributed by atoms with Crippen molar-refractivity contribution in [2.45, 2.75) is 33.3 Å². The number of thiazole rings is 1. The first-order chi connectivity index (χ1) is 16.4. The molecule has 0 aliphatic heterocycles. The predicted octanol–water partition coefficient (Wildman–Crippen LogP) is 5.42. The van der Waals surface area contributed by atoms with Crippen molar-refractivity contribution in [1.29, 1.82) is 0 Å². The molecule has 7 nitrogen and oxygen atoms in total. The van der Waals surface area contributed by atoms with Gasteiger partial charge in [-0.15, -0.1) is 11.3 Å². The summed E-state index contributed by atoms with van der Waals surface area (Å²) in [6, 6.07) is 16.3. The number of benzene rings is 2. The molecular weight excluding hydrogens is 444 g/mol. The zero-order valence-electron chi connectivity index (χ0n) is 19.6. The van der Waals surface area contributed by atoms with Crippen molar-refractivity contribution in [1.82, 2.24) is 24.7 Å². The second-order valence-electron chi connectivity index (χ2n) is 8.44. The van der Waals surface area contributed by atoms with Crippen molar-refractivity contribution in [2.24, 2.45) is 7.05 Å². The first kappa shape index (κ1) is 22.0. The topological polar surface area (TPSA) is 91.7 Å². The molecule has 0 spiro atoms. The average molecular weight is 471 g/mol. The Morgan fingerprint density at radius 2 is 1.94 bits per heavy atom. The fraction of sp³-hybridized carbons (Fsp3) is 0.231. The summed E-state index contributed by atoms with van der Waals surface area (Å²) >= 11 is 1.61. The van der Waals surface area contributed by atoms with E-state index < -0.39 is 0 Å². The molecule has 0 saturated heterocycles. The van der Waals surface area contributed by atoms with Crippen molar-refractivity contribution < 1.29 is 4.74 Å². The molecular formula is C26H26N6OS. The van der Waals surface area contributed by atoms with Gasteiger partial charge in [0.15, 0.2) is 0 Å². The monoisotopic (exact) mass is 470 g/mol. The number of anilines is 1. The van der Waals surface area contributed by atoms with E-state index in [9.17, 15) is 0 Å². The van der Waals surface area contributed by atoms with Crippen molar-refractivity contribution in [3.05, 3.63) is 82.4 Å². The summed E-state index contributed by atoms with van der Waals surface area (Å²) in [5.41, 5.74) is 15.2. The summed E-state index contributed by atoms with van der Waals surface area (Å²) in [6.07, 6.45) is 0. The summed E-state index contributed by atoms with van der Waals surface area (Å²) < 4.78 is 9.05. The lowest BCUT2D eigenvalue weighted by atomic mass is 9.90. The zero-order valence-corrected chi connectivity index (χ0v) is 20.4. The van der Waals surface area contributed by atoms with E-state index in [1.807, 2.05) is 55.4 Å². The third-order valence-electron chi connectivity index (χ3n) is 5.97. The Labute approximate surface area is 202 Å². The minimum absolute atomic E-state index is 0.0322. The summed E-state index contributed by atoms with van der Waals surface area (Å²) in [6.45, 7) is 6.42. The Balaban J connectivity index is 1.49. The Morgan fingerprint density at radius 3 is 2.74 bits per heavy atom. The van der Waals surface area contributed by atoms with Gasteiger partial charge in [0, 0.05) is 24.1 Å². The molecule has 0 amide bonds. The molecule has 0 radical (unpaired) electrons. The number of nitrogen functional groups attached to an aromatic ring is 1. The Morgan fingerprint density at radius 1 is 1.09 bits per heavy atom. The molecule has 3 aromatic heterocycles. The normalized spacial score (nSPS) is 12.2. The lowest BCUT2D eigenvalue weighted by molar-refractivity contribution is 0.294. The van der Waals surface area contributed by atoms with Crippen LogP contribution in [0.1, 0.15) is 41.2 Å². The Kier molecular flexibility index (Phi) is 5.75. The first-order valence-corrected chi connectivity index (χ1v) is 12.0. The second-order valence-corrected chi connectivity index (χ2v) is 9.32. The molecule has 172 valence electrons. The molecule has 0 aliphatic rings. The molecule has 0 aliphatic carbocycles. The van der Waals surface area contributed by atoms with Crippen LogP contribution in [0.4, 0.5) is 5.82 Å². The molecule has 34 heavy (non-hydrogen) atoms. The van der Waals surface area contributed by atoms with Crippen LogP contribution in [0.2, 0.25) is 0 Å². The minimum Gasteiger partial charge on any atom is -0.487 e. The van der Waals surface area contributed by atoms with Crippen LogP contribution in [0.25, 0.3) is 21.5 Å². The van der Waals surface area contributed by atoms with Crippen LogP contribution in [0.5, 0.6) is 5.75 Å². The number of hydrogen-bond acceptors (Lipinski definition) is 7. The number of rotatable bonds is 6. The maximum atomic E-state index is 6.48. The smallest absolute Gasteiger partial charge is 0.131 e. The van der Waals surface area contributed by atoms with Crippen LogP contribution in [-0.2, 0) is 13.7 Å². The number of fused-ring (bicyclic) bond motifs is 1. The summed E-state index contributed by atoms with van der Waals surface area (Å²) in [5.74, 6) is 1.91. The van der Waals surface area contributed by atoms with Gasteiger partial charge in [0.05, 0.1) is 32.8 Å². The van der Waals surface area contributed by atoms with Crippen molar-refractivity contribution in [3.8, 4) is 17.0 Å². The lowest BCUT2D eigenvalue weighted by Crippen LogP contribution is -2.09. The molecule has 0 fully saturated rings. The van der Waals surface area contributed by atoms with Gasteiger partial charge in [0.25, 0.3) is 0 Å². The second kappa shape index (κ2) is 8.87. The van der Waals surface area contributed by atoms with Crippen molar-refractivity contribution in [2.75, 3.05) is 5.73 Å². The van der Waals surface area contributed by atoms with Crippen molar-refractivity contribution in [3.63, 3.8) is 0 Å². The Hall–Kier alpha value is -3.78. The quantitative estimate of drug-likeness (QED) is 0.356. The number of hydrogen-bond donors (Lipinski definition) is 1. The van der Waals surface area contributed by atoms with Gasteiger partial charge in [-0.2, -0.15) is 5.10 Å². The third kappa shape index (κ3) is 4.24. The van der Waals surface area contributed by atoms with Crippen molar-refractivity contribution >= 4 is 27.4 Å². The van der Waals surface area contributed by atoms with Gasteiger partial charge in [0.1, 0.15) is 24.0 Å². The van der Waals surface area contributed by atoms with E-state index in [2.05, 4.69) is 46.3 Å². The van der Waals surface area contributed by atoms with E-state index in [1.165, 1.54) is 0 Å². The van der Waals surface area contributed by atoms with E-state index in [0.717, 1.165) is 49.7 Å². The zero-order chi connectivity index (χ0) is 23.8. The van der Waals surface area contributed by atoms with Gasteiger partial charge >= 0.3 is 0 Å². The summed E-state index contributed by atoms with van der Waals surface area (Å²) in [4.78, 5) is 13.7. The van der Waals surface area contributed by atoms with Crippen LogP contribution < -0.4 is 10.5 Å². The van der Waals surface area contributed by atoms with Crippen LogP contribution in [0, 0.1) is 13.8 Å². The number of aryl methyl sites for hydroxylation is 3. The highest BCUT2D eigenvalue weighted by molar-refractivity contribution is 7.16. The SMILES string of the molecule is Cc1cc(COc2cccc(C(C)c3c(N)nc(C)nc3-c3ccc4ncsc4c3)c2)n(C)n1. The standard InChI is InChI=1S/C26H26N6OS/c1-15-10-20(32(4)31-15)13-33-21-7-5-6-18(11-21)16(2)24-25(29-17(3)30-26(24)27)19-8-9-22-23(12-19)34-14-28-22/h5-12,14,16H,13H2,1-4H3,(H2,27,29,30). The summed E-state index contributed by atoms with van der Waals surface area (Å²) in [5, 5.41) is 4.39. The van der Waals surface area contributed by atoms with Crippen LogP contribution in [0.3, 0.4) is 0 Å². The van der Waals surface area contributed by atoms with Crippen LogP contribution in [-0.4, -0.2) is 24.7 Å². The van der Waals surface area contributed by atoms with Gasteiger partial charge in [0.2, 0.25) is 0 Å². The number of nitrogens with zero attached hydrogens (tertiary/aromatic N) is 5. The minimum atomic E-state index is -0.0322. The van der Waals surface area contributed by atoms with E-state index in [4.69, 9.17) is 15.5 Å². The molecule has 1 atom stereocenters. The maximum Gasteiger partial charge on any atom is 0.131 e. The molecule has 0 saturated carbocycles. The number of aromatic nitrogens is 5. The molecule has 5 aromatic rings. The fourth-order valence-electron chi connectivity index (χ4n) is 4.25. The van der Waals surface area contributed by atoms with E-state index in [-0.39, 0.29) is 5.92 Å². The third-order valence-corrected chi connectivity index (χ3v) is 6.76. The van der Waals surface area contributed by atoms with Gasteiger partial charge in [-0.25, -0.2) is 15.0 Å². The van der Waals surface area contributed by atoms with E-state index in [1.54, 1.807) is 11.3 Å². The van der Waals surface area contributed by atoms with Gasteiger partial charge in [-0.3, -0.25) is 4.68 Å². The van der Waals surface area contributed by atoms with Crippen LogP contribution in [0.15, 0.2) is 54.0 Å². The van der Waals surface area contributed by atoms with Gasteiger partial charge in [-0.1, -0.05) is 25.1 Å². The molecule has 2 N–H and O–H groups in total. The van der Waals surface area contributed by atoms with Gasteiger partial charge < -0.3 is 10.5 Å². The largest absolute Gasteiger partial charge is 0.487 e. The molecule has 8 heteroatoms. The fourth-order valence-corrected chi connectivity index (χ4v) is 4.97. The molecule has 2 aromatic carbocycles. The molecule has 1 unspecified atom stereocenters. The average Bonchev–Trinajstić information content (AvgIpc) is 3.41. The van der Waals surface area contributed by atoms with E-state index >= 15 is 0 Å². The highest BCUT2D eigenvalue weighted by atomic mass is 32.1. The highest BCUT2D eigenvalue weighted by Gasteiger charge is 2.21. The number of nitrogens with two attached hydrogens (primary N) is 1. The Bertz CT molecular complexity index is 1490. The first-order valence-electron chi connectivity index (χ1n) is 11.1. The molecule has 0 bridgehead atoms. The lowest BCUT2D eigenvalue weighted by Gasteiger charge is -2.19.